The fourth-order valence-electron chi connectivity index (χ4n) is 3.34. The van der Waals surface area contributed by atoms with Crippen molar-refractivity contribution >= 4 is 28.3 Å². The number of nitrogens with one attached hydrogen (secondary N) is 1. The molecule has 170 valence electrons. The topological polar surface area (TPSA) is 80.5 Å². The number of benzene rings is 2. The van der Waals surface area contributed by atoms with E-state index in [0.29, 0.717) is 25.9 Å². The van der Waals surface area contributed by atoms with Crippen LogP contribution in [0.4, 0.5) is 10.8 Å². The van der Waals surface area contributed by atoms with E-state index in [1.165, 1.54) is 11.5 Å². The molecule has 0 aliphatic rings. The quantitative estimate of drug-likeness (QED) is 0.354. The highest BCUT2D eigenvalue weighted by atomic mass is 32.1. The summed E-state index contributed by atoms with van der Waals surface area (Å²) in [5, 5.41) is 3.71. The van der Waals surface area contributed by atoms with Crippen LogP contribution in [0.2, 0.25) is 0 Å². The highest BCUT2D eigenvalue weighted by molar-refractivity contribution is 7.09. The van der Waals surface area contributed by atoms with E-state index in [2.05, 4.69) is 9.69 Å². The normalized spacial score (nSPS) is 10.7. The molecule has 7 nitrogen and oxygen atoms in total. The first-order chi connectivity index (χ1) is 16.1. The van der Waals surface area contributed by atoms with Gasteiger partial charge in [0, 0.05) is 36.6 Å². The number of carbonyl (C=O) groups excluding carboxylic acids is 1. The van der Waals surface area contributed by atoms with Crippen molar-refractivity contribution in [1.82, 2.24) is 9.36 Å². The van der Waals surface area contributed by atoms with E-state index < -0.39 is 0 Å². The van der Waals surface area contributed by atoms with E-state index in [-0.39, 0.29) is 5.91 Å². The van der Waals surface area contributed by atoms with Crippen molar-refractivity contribution in [1.29, 1.82) is 0 Å². The van der Waals surface area contributed by atoms with E-state index >= 15 is 0 Å². The molecule has 2 aromatic carbocycles. The molecule has 0 saturated heterocycles. The molecule has 0 fully saturated rings. The molecule has 4 aromatic rings. The molecule has 0 aliphatic heterocycles. The second-order valence-corrected chi connectivity index (χ2v) is 8.42. The van der Waals surface area contributed by atoms with Gasteiger partial charge in [-0.2, -0.15) is 4.37 Å². The Morgan fingerprint density at radius 2 is 2.00 bits per heavy atom. The fraction of sp³-hybridized carbons (Fsp3) is 0.240. The summed E-state index contributed by atoms with van der Waals surface area (Å²) < 4.78 is 15.4. The maximum absolute atomic E-state index is 12.5. The second-order valence-electron chi connectivity index (χ2n) is 7.69. The van der Waals surface area contributed by atoms with Gasteiger partial charge in [-0.25, -0.2) is 4.98 Å². The lowest BCUT2D eigenvalue weighted by atomic mass is 10.1. The van der Waals surface area contributed by atoms with Gasteiger partial charge in [0.1, 0.15) is 17.3 Å². The first-order valence-corrected chi connectivity index (χ1v) is 11.5. The van der Waals surface area contributed by atoms with Crippen LogP contribution in [0.15, 0.2) is 71.3 Å². The maximum atomic E-state index is 12.5. The molecule has 2 aromatic heterocycles. The van der Waals surface area contributed by atoms with Gasteiger partial charge in [-0.05, 0) is 48.9 Å². The third-order valence-electron chi connectivity index (χ3n) is 5.10. The van der Waals surface area contributed by atoms with Gasteiger partial charge in [0.2, 0.25) is 11.0 Å². The second kappa shape index (κ2) is 10.8. The third kappa shape index (κ3) is 6.43. The number of methoxy groups -OCH3 is 1. The lowest BCUT2D eigenvalue weighted by Crippen LogP contribution is -2.27. The first kappa shape index (κ1) is 22.5. The number of carbonyl (C=O) groups is 1. The van der Waals surface area contributed by atoms with Crippen molar-refractivity contribution in [3.8, 4) is 5.75 Å². The number of furan rings is 1. The minimum absolute atomic E-state index is 0.0515. The zero-order valence-electron chi connectivity index (χ0n) is 18.7. The van der Waals surface area contributed by atoms with Gasteiger partial charge in [-0.1, -0.05) is 29.8 Å². The van der Waals surface area contributed by atoms with Crippen molar-refractivity contribution in [3.63, 3.8) is 0 Å². The Balaban J connectivity index is 1.43. The van der Waals surface area contributed by atoms with Crippen molar-refractivity contribution < 1.29 is 13.9 Å². The molecule has 0 saturated carbocycles. The van der Waals surface area contributed by atoms with Crippen molar-refractivity contribution in [3.05, 3.63) is 89.6 Å². The molecular weight excluding hydrogens is 436 g/mol. The molecule has 0 aliphatic carbocycles. The van der Waals surface area contributed by atoms with Crippen LogP contribution < -0.4 is 15.0 Å². The Labute approximate surface area is 197 Å². The number of hydrogen-bond donors (Lipinski definition) is 1. The van der Waals surface area contributed by atoms with Gasteiger partial charge in [0.15, 0.2) is 0 Å². The fourth-order valence-corrected chi connectivity index (χ4v) is 4.05. The number of aromatic nitrogens is 2. The van der Waals surface area contributed by atoms with Gasteiger partial charge < -0.3 is 19.4 Å². The molecule has 1 N–H and O–H groups in total. The average molecular weight is 463 g/mol. The summed E-state index contributed by atoms with van der Waals surface area (Å²) in [5.41, 5.74) is 3.02. The largest absolute Gasteiger partial charge is 0.497 e. The van der Waals surface area contributed by atoms with Gasteiger partial charge in [0.05, 0.1) is 19.9 Å². The summed E-state index contributed by atoms with van der Waals surface area (Å²) in [6, 6.07) is 19.4. The zero-order valence-corrected chi connectivity index (χ0v) is 19.5. The SMILES string of the molecule is COc1cccc(Cc2nsc(N(CCC(=O)Nc3ccc(C)cc3)Cc3ccco3)n2)c1. The predicted molar refractivity (Wildman–Crippen MR) is 130 cm³/mol. The number of aryl methyl sites for hydroxylation is 1. The molecule has 0 bridgehead atoms. The first-order valence-electron chi connectivity index (χ1n) is 10.7. The number of ether oxygens (including phenoxy) is 1. The van der Waals surface area contributed by atoms with Crippen LogP contribution in [0.25, 0.3) is 0 Å². The highest BCUT2D eigenvalue weighted by Gasteiger charge is 2.17. The summed E-state index contributed by atoms with van der Waals surface area (Å²) in [7, 11) is 1.65. The molecule has 8 heteroatoms. The Morgan fingerprint density at radius 1 is 1.15 bits per heavy atom. The minimum Gasteiger partial charge on any atom is -0.497 e. The van der Waals surface area contributed by atoms with Gasteiger partial charge in [0.25, 0.3) is 0 Å². The predicted octanol–water partition coefficient (Wildman–Crippen LogP) is 5.07. The van der Waals surface area contributed by atoms with Crippen molar-refractivity contribution in [2.45, 2.75) is 26.3 Å². The Bertz CT molecular complexity index is 1170. The Morgan fingerprint density at radius 3 is 2.76 bits per heavy atom. The summed E-state index contributed by atoms with van der Waals surface area (Å²) in [4.78, 5) is 19.3. The smallest absolute Gasteiger partial charge is 0.226 e. The van der Waals surface area contributed by atoms with Crippen LogP contribution in [-0.2, 0) is 17.8 Å². The number of hydrogen-bond acceptors (Lipinski definition) is 7. The molecule has 0 spiro atoms. The molecule has 1 amide bonds. The van der Waals surface area contributed by atoms with Gasteiger partial charge >= 0.3 is 0 Å². The standard InChI is InChI=1S/C25H26N4O3S/c1-18-8-10-20(11-9-18)26-24(30)12-13-29(17-22-7-4-14-32-22)25-27-23(28-33-25)16-19-5-3-6-21(15-19)31-2/h3-11,14-15H,12-13,16-17H2,1-2H3,(H,26,30). The Kier molecular flexibility index (Phi) is 7.36. The molecule has 33 heavy (non-hydrogen) atoms. The summed E-state index contributed by atoms with van der Waals surface area (Å²) in [6.45, 7) is 3.02. The Hall–Kier alpha value is -3.65. The molecule has 2 heterocycles. The number of nitrogens with zero attached hydrogens (tertiary/aromatic N) is 3. The highest BCUT2D eigenvalue weighted by Crippen LogP contribution is 2.23. The van der Waals surface area contributed by atoms with Crippen LogP contribution in [0.5, 0.6) is 5.75 Å². The maximum Gasteiger partial charge on any atom is 0.226 e. The summed E-state index contributed by atoms with van der Waals surface area (Å²) >= 11 is 1.33. The zero-order chi connectivity index (χ0) is 23.0. The number of amides is 1. The summed E-state index contributed by atoms with van der Waals surface area (Å²) in [6.07, 6.45) is 2.57. The monoisotopic (exact) mass is 462 g/mol. The minimum atomic E-state index is -0.0515. The molecule has 0 atom stereocenters. The van der Waals surface area contributed by atoms with Crippen LogP contribution >= 0.6 is 11.5 Å². The lowest BCUT2D eigenvalue weighted by molar-refractivity contribution is -0.116. The third-order valence-corrected chi connectivity index (χ3v) is 5.91. The van der Waals surface area contributed by atoms with Crippen molar-refractivity contribution in [2.24, 2.45) is 0 Å². The molecule has 4 rings (SSSR count). The number of anilines is 2. The average Bonchev–Trinajstić information content (AvgIpc) is 3.50. The molecule has 0 unspecified atom stereocenters. The van der Waals surface area contributed by atoms with Crippen LogP contribution in [0, 0.1) is 6.92 Å². The number of rotatable bonds is 10. The van der Waals surface area contributed by atoms with E-state index in [9.17, 15) is 4.79 Å². The van der Waals surface area contributed by atoms with E-state index in [1.54, 1.807) is 13.4 Å². The molecular formula is C25H26N4O3S. The van der Waals surface area contributed by atoms with Crippen LogP contribution in [-0.4, -0.2) is 28.9 Å². The van der Waals surface area contributed by atoms with Crippen LogP contribution in [0.1, 0.15) is 29.1 Å². The van der Waals surface area contributed by atoms with Gasteiger partial charge in [-0.3, -0.25) is 4.79 Å². The lowest BCUT2D eigenvalue weighted by Gasteiger charge is -2.20. The van der Waals surface area contributed by atoms with E-state index in [4.69, 9.17) is 14.1 Å². The van der Waals surface area contributed by atoms with E-state index in [1.807, 2.05) is 72.5 Å². The van der Waals surface area contributed by atoms with Crippen LogP contribution in [0.3, 0.4) is 0 Å². The van der Waals surface area contributed by atoms with Gasteiger partial charge in [-0.15, -0.1) is 0 Å². The van der Waals surface area contributed by atoms with E-state index in [0.717, 1.165) is 39.3 Å². The molecule has 0 radical (unpaired) electrons. The van der Waals surface area contributed by atoms with Crippen molar-refractivity contribution in [2.75, 3.05) is 23.9 Å². The summed E-state index contributed by atoms with van der Waals surface area (Å²) in [5.74, 6) is 2.29.